The van der Waals surface area contributed by atoms with Gasteiger partial charge in [-0.25, -0.2) is 4.98 Å². The van der Waals surface area contributed by atoms with Gasteiger partial charge in [-0.3, -0.25) is 14.3 Å². The molecule has 0 unspecified atom stereocenters. The van der Waals surface area contributed by atoms with Crippen molar-refractivity contribution in [2.45, 2.75) is 10.9 Å². The molecule has 3 aromatic heterocycles. The van der Waals surface area contributed by atoms with E-state index in [9.17, 15) is 4.79 Å². The Morgan fingerprint density at radius 2 is 2.00 bits per heavy atom. The zero-order valence-electron chi connectivity index (χ0n) is 12.9. The van der Waals surface area contributed by atoms with E-state index in [4.69, 9.17) is 4.98 Å². The van der Waals surface area contributed by atoms with Crippen LogP contribution >= 0.6 is 39.0 Å². The Kier molecular flexibility index (Phi) is 4.70. The molecule has 0 saturated heterocycles. The Balaban J connectivity index is 1.82. The molecule has 7 heteroatoms. The number of thiophene rings is 1. The highest BCUT2D eigenvalue weighted by atomic mass is 79.9. The maximum absolute atomic E-state index is 13.0. The van der Waals surface area contributed by atoms with Crippen LogP contribution in [0.2, 0.25) is 0 Å². The lowest BCUT2D eigenvalue weighted by molar-refractivity contribution is 0.822. The van der Waals surface area contributed by atoms with Crippen LogP contribution in [0.1, 0.15) is 5.56 Å². The largest absolute Gasteiger partial charge is 0.276 e. The summed E-state index contributed by atoms with van der Waals surface area (Å²) in [6, 6.07) is 13.5. The molecule has 0 saturated carbocycles. The van der Waals surface area contributed by atoms with Gasteiger partial charge in [0.2, 0.25) is 0 Å². The molecule has 0 amide bonds. The van der Waals surface area contributed by atoms with Gasteiger partial charge in [-0.1, -0.05) is 33.8 Å². The highest BCUT2D eigenvalue weighted by Gasteiger charge is 2.14. The molecule has 4 rings (SSSR count). The number of benzene rings is 1. The van der Waals surface area contributed by atoms with Gasteiger partial charge < -0.3 is 0 Å². The third kappa shape index (κ3) is 3.40. The van der Waals surface area contributed by atoms with Gasteiger partial charge in [0, 0.05) is 22.6 Å². The van der Waals surface area contributed by atoms with Crippen LogP contribution in [-0.4, -0.2) is 14.5 Å². The molecule has 0 aliphatic carbocycles. The summed E-state index contributed by atoms with van der Waals surface area (Å²) < 4.78 is 3.33. The van der Waals surface area contributed by atoms with Gasteiger partial charge in [-0.15, -0.1) is 11.3 Å². The molecule has 0 spiro atoms. The van der Waals surface area contributed by atoms with Crippen molar-refractivity contribution in [1.29, 1.82) is 0 Å². The van der Waals surface area contributed by atoms with Crippen LogP contribution in [0, 0.1) is 0 Å². The zero-order chi connectivity index (χ0) is 17.2. The number of pyridine rings is 1. The molecule has 4 aromatic rings. The van der Waals surface area contributed by atoms with Crippen molar-refractivity contribution in [2.75, 3.05) is 0 Å². The lowest BCUT2D eigenvalue weighted by Crippen LogP contribution is -2.20. The van der Waals surface area contributed by atoms with Crippen molar-refractivity contribution in [2.24, 2.45) is 0 Å². The normalized spacial score (nSPS) is 11.1. The smallest absolute Gasteiger partial charge is 0.267 e. The van der Waals surface area contributed by atoms with E-state index in [-0.39, 0.29) is 5.56 Å². The van der Waals surface area contributed by atoms with Gasteiger partial charge in [0.25, 0.3) is 5.56 Å². The van der Waals surface area contributed by atoms with Crippen LogP contribution < -0.4 is 5.56 Å². The first-order chi connectivity index (χ1) is 12.2. The van der Waals surface area contributed by atoms with E-state index in [0.29, 0.717) is 15.6 Å². The number of nitrogens with zero attached hydrogens (tertiary/aromatic N) is 3. The molecule has 0 fully saturated rings. The molecule has 3 heterocycles. The molecule has 0 radical (unpaired) electrons. The lowest BCUT2D eigenvalue weighted by Gasteiger charge is -2.12. The molecular formula is C18H12BrN3OS2. The van der Waals surface area contributed by atoms with Crippen LogP contribution in [0.5, 0.6) is 0 Å². The van der Waals surface area contributed by atoms with E-state index >= 15 is 0 Å². The highest BCUT2D eigenvalue weighted by molar-refractivity contribution is 9.10. The maximum atomic E-state index is 13.0. The quantitative estimate of drug-likeness (QED) is 0.342. The highest BCUT2D eigenvalue weighted by Crippen LogP contribution is 2.26. The first-order valence-corrected chi connectivity index (χ1v) is 10.2. The minimum Gasteiger partial charge on any atom is -0.267 e. The number of aromatic nitrogens is 3. The third-order valence-electron chi connectivity index (χ3n) is 3.62. The summed E-state index contributed by atoms with van der Waals surface area (Å²) in [6.45, 7) is 0. The van der Waals surface area contributed by atoms with Crippen molar-refractivity contribution in [3.63, 3.8) is 0 Å². The third-order valence-corrected chi connectivity index (χ3v) is 6.05. The van der Waals surface area contributed by atoms with Crippen LogP contribution in [-0.2, 0) is 5.75 Å². The van der Waals surface area contributed by atoms with E-state index in [0.717, 1.165) is 21.2 Å². The first-order valence-electron chi connectivity index (χ1n) is 7.50. The number of halogens is 1. The van der Waals surface area contributed by atoms with Gasteiger partial charge in [0.05, 0.1) is 11.2 Å². The van der Waals surface area contributed by atoms with Crippen LogP contribution in [0.4, 0.5) is 0 Å². The van der Waals surface area contributed by atoms with Crippen molar-refractivity contribution >= 4 is 49.2 Å². The fourth-order valence-electron chi connectivity index (χ4n) is 2.44. The minimum absolute atomic E-state index is 0.0315. The molecule has 0 N–H and O–H groups in total. The Bertz CT molecular complexity index is 1080. The summed E-state index contributed by atoms with van der Waals surface area (Å²) >= 11 is 6.40. The Morgan fingerprint density at radius 1 is 1.16 bits per heavy atom. The Hall–Kier alpha value is -1.96. The number of fused-ring (bicyclic) bond motifs is 1. The van der Waals surface area contributed by atoms with Gasteiger partial charge in [-0.2, -0.15) is 0 Å². The molecule has 4 nitrogen and oxygen atoms in total. The van der Waals surface area contributed by atoms with Crippen LogP contribution in [0.3, 0.4) is 0 Å². The fraction of sp³-hybridized carbons (Fsp3) is 0.0556. The van der Waals surface area contributed by atoms with E-state index in [1.54, 1.807) is 10.8 Å². The second kappa shape index (κ2) is 7.11. The van der Waals surface area contributed by atoms with Crippen LogP contribution in [0.15, 0.2) is 74.7 Å². The Labute approximate surface area is 160 Å². The van der Waals surface area contributed by atoms with Gasteiger partial charge in [0.15, 0.2) is 5.16 Å². The van der Waals surface area contributed by atoms with Crippen molar-refractivity contribution < 1.29 is 0 Å². The average Bonchev–Trinajstić information content (AvgIpc) is 3.11. The number of rotatable bonds is 4. The lowest BCUT2D eigenvalue weighted by atomic mass is 10.3. The van der Waals surface area contributed by atoms with Crippen molar-refractivity contribution in [3.8, 4) is 5.69 Å². The van der Waals surface area contributed by atoms with E-state index in [1.165, 1.54) is 23.1 Å². The summed E-state index contributed by atoms with van der Waals surface area (Å²) in [6.07, 6.45) is 3.58. The number of hydrogen-bond acceptors (Lipinski definition) is 5. The second-order valence-electron chi connectivity index (χ2n) is 5.30. The summed E-state index contributed by atoms with van der Waals surface area (Å²) in [5.74, 6) is 0.701. The topological polar surface area (TPSA) is 47.8 Å². The monoisotopic (exact) mass is 429 g/mol. The second-order valence-corrected chi connectivity index (χ2v) is 8.07. The fourth-order valence-corrected chi connectivity index (χ4v) is 4.41. The van der Waals surface area contributed by atoms with E-state index < -0.39 is 0 Å². The van der Waals surface area contributed by atoms with Gasteiger partial charge in [0.1, 0.15) is 4.70 Å². The number of thioether (sulfide) groups is 1. The standard InChI is InChI=1S/C18H12BrN3OS2/c19-13-3-5-14(6-4-13)22-17(23)16-15(7-9-24-16)21-18(22)25-11-12-2-1-8-20-10-12/h1-10H,11H2. The maximum Gasteiger partial charge on any atom is 0.276 e. The summed E-state index contributed by atoms with van der Waals surface area (Å²) in [7, 11) is 0. The molecule has 124 valence electrons. The zero-order valence-corrected chi connectivity index (χ0v) is 16.1. The van der Waals surface area contributed by atoms with E-state index in [2.05, 4.69) is 20.9 Å². The number of hydrogen-bond donors (Lipinski definition) is 0. The molecule has 0 bridgehead atoms. The average molecular weight is 430 g/mol. The predicted molar refractivity (Wildman–Crippen MR) is 107 cm³/mol. The summed E-state index contributed by atoms with van der Waals surface area (Å²) in [4.78, 5) is 21.9. The predicted octanol–water partition coefficient (Wildman–Crippen LogP) is 4.90. The molecule has 0 aliphatic heterocycles. The SMILES string of the molecule is O=c1c2sccc2nc(SCc2cccnc2)n1-c1ccc(Br)cc1. The van der Waals surface area contributed by atoms with Crippen molar-refractivity contribution in [1.82, 2.24) is 14.5 Å². The van der Waals surface area contributed by atoms with E-state index in [1.807, 2.05) is 54.0 Å². The molecule has 0 atom stereocenters. The molecule has 1 aromatic carbocycles. The summed E-state index contributed by atoms with van der Waals surface area (Å²) in [5, 5.41) is 2.59. The molecule has 0 aliphatic rings. The van der Waals surface area contributed by atoms with Crippen LogP contribution in [0.25, 0.3) is 15.9 Å². The first kappa shape index (κ1) is 16.5. The summed E-state index contributed by atoms with van der Waals surface area (Å²) in [5.41, 5.74) is 2.62. The van der Waals surface area contributed by atoms with Gasteiger partial charge >= 0.3 is 0 Å². The molecule has 25 heavy (non-hydrogen) atoms. The minimum atomic E-state index is -0.0315. The van der Waals surface area contributed by atoms with Gasteiger partial charge in [-0.05, 0) is 47.3 Å². The Morgan fingerprint density at radius 3 is 2.76 bits per heavy atom. The van der Waals surface area contributed by atoms with Crippen molar-refractivity contribution in [3.05, 3.63) is 80.6 Å². The molecular weight excluding hydrogens is 418 g/mol.